The van der Waals surface area contributed by atoms with Crippen molar-refractivity contribution in [1.82, 2.24) is 10.3 Å². The number of methoxy groups -OCH3 is 1. The Hall–Kier alpha value is -2.11. The normalized spacial score (nSPS) is 13.2. The third-order valence-corrected chi connectivity index (χ3v) is 2.83. The Morgan fingerprint density at radius 2 is 2.26 bits per heavy atom. The standard InChI is InChI=1S/C12H17N5O2/c1-12(11(18)19-2,10-4-8-14-9-5-10)15-6-3-7-16-17-13/h4-5,8-9,15H,3,6-7H2,1-2H3. The molecule has 0 radical (unpaired) electrons. The fourth-order valence-electron chi connectivity index (χ4n) is 1.71. The minimum absolute atomic E-state index is 0.373. The minimum Gasteiger partial charge on any atom is -0.467 e. The van der Waals surface area contributed by atoms with Gasteiger partial charge in [-0.3, -0.25) is 10.3 Å². The first-order valence-electron chi connectivity index (χ1n) is 5.90. The van der Waals surface area contributed by atoms with Crippen LogP contribution >= 0.6 is 0 Å². The van der Waals surface area contributed by atoms with E-state index in [1.165, 1.54) is 7.11 Å². The van der Waals surface area contributed by atoms with Crippen LogP contribution in [0, 0.1) is 0 Å². The topological polar surface area (TPSA) is 100.0 Å². The van der Waals surface area contributed by atoms with E-state index in [0.29, 0.717) is 19.5 Å². The summed E-state index contributed by atoms with van der Waals surface area (Å²) >= 11 is 0. The van der Waals surface area contributed by atoms with Gasteiger partial charge in [-0.15, -0.1) is 0 Å². The first kappa shape index (κ1) is 14.9. The highest BCUT2D eigenvalue weighted by molar-refractivity contribution is 5.82. The summed E-state index contributed by atoms with van der Waals surface area (Å²) in [4.78, 5) is 18.6. The van der Waals surface area contributed by atoms with Gasteiger partial charge in [-0.05, 0) is 43.1 Å². The summed E-state index contributed by atoms with van der Waals surface area (Å²) in [5.74, 6) is -0.373. The van der Waals surface area contributed by atoms with Crippen LogP contribution in [0.4, 0.5) is 0 Å². The highest BCUT2D eigenvalue weighted by atomic mass is 16.5. The van der Waals surface area contributed by atoms with Crippen LogP contribution in [0.1, 0.15) is 18.9 Å². The summed E-state index contributed by atoms with van der Waals surface area (Å²) in [6, 6.07) is 3.52. The molecule has 1 aromatic rings. The second-order valence-electron chi connectivity index (χ2n) is 4.09. The van der Waals surface area contributed by atoms with Crippen molar-refractivity contribution < 1.29 is 9.53 Å². The third-order valence-electron chi connectivity index (χ3n) is 2.83. The molecule has 0 aliphatic carbocycles. The van der Waals surface area contributed by atoms with Crippen molar-refractivity contribution in [1.29, 1.82) is 0 Å². The molecule has 0 saturated carbocycles. The molecule has 7 heteroatoms. The Morgan fingerprint density at radius 3 is 2.84 bits per heavy atom. The van der Waals surface area contributed by atoms with Gasteiger partial charge in [0, 0.05) is 23.9 Å². The average Bonchev–Trinajstić information content (AvgIpc) is 2.46. The van der Waals surface area contributed by atoms with Crippen LogP contribution in [0.15, 0.2) is 29.6 Å². The summed E-state index contributed by atoms with van der Waals surface area (Å²) < 4.78 is 4.84. The van der Waals surface area contributed by atoms with Crippen LogP contribution in [-0.4, -0.2) is 31.2 Å². The maximum atomic E-state index is 12.0. The van der Waals surface area contributed by atoms with Crippen molar-refractivity contribution in [2.24, 2.45) is 5.11 Å². The van der Waals surface area contributed by atoms with Crippen LogP contribution < -0.4 is 5.32 Å². The zero-order valence-corrected chi connectivity index (χ0v) is 11.0. The van der Waals surface area contributed by atoms with Gasteiger partial charge in [-0.2, -0.15) is 0 Å². The van der Waals surface area contributed by atoms with Crippen LogP contribution in [-0.2, 0) is 15.1 Å². The van der Waals surface area contributed by atoms with E-state index >= 15 is 0 Å². The highest BCUT2D eigenvalue weighted by Crippen LogP contribution is 2.21. The largest absolute Gasteiger partial charge is 0.467 e. The molecule has 7 nitrogen and oxygen atoms in total. The predicted molar refractivity (Wildman–Crippen MR) is 70.2 cm³/mol. The van der Waals surface area contributed by atoms with E-state index < -0.39 is 5.54 Å². The number of hydrogen-bond acceptors (Lipinski definition) is 5. The smallest absolute Gasteiger partial charge is 0.330 e. The summed E-state index contributed by atoms with van der Waals surface area (Å²) in [7, 11) is 1.35. The summed E-state index contributed by atoms with van der Waals surface area (Å²) in [6.45, 7) is 2.67. The SMILES string of the molecule is COC(=O)C(C)(NCCCN=[N+]=[N-])c1ccncc1. The van der Waals surface area contributed by atoms with Gasteiger partial charge in [-0.25, -0.2) is 4.79 Å². The molecule has 0 amide bonds. The molecule has 1 atom stereocenters. The van der Waals surface area contributed by atoms with Crippen molar-refractivity contribution in [2.45, 2.75) is 18.9 Å². The van der Waals surface area contributed by atoms with E-state index in [2.05, 4.69) is 20.3 Å². The number of rotatable bonds is 7. The third kappa shape index (κ3) is 3.94. The van der Waals surface area contributed by atoms with Gasteiger partial charge >= 0.3 is 5.97 Å². The lowest BCUT2D eigenvalue weighted by molar-refractivity contribution is -0.148. The van der Waals surface area contributed by atoms with Gasteiger partial charge in [0.2, 0.25) is 0 Å². The maximum Gasteiger partial charge on any atom is 0.330 e. The van der Waals surface area contributed by atoms with E-state index in [9.17, 15) is 4.79 Å². The molecule has 1 unspecified atom stereocenters. The van der Waals surface area contributed by atoms with Crippen LogP contribution in [0.5, 0.6) is 0 Å². The highest BCUT2D eigenvalue weighted by Gasteiger charge is 2.35. The monoisotopic (exact) mass is 263 g/mol. The quantitative estimate of drug-likeness (QED) is 0.266. The zero-order chi connectivity index (χ0) is 14.1. The van der Waals surface area contributed by atoms with Crippen molar-refractivity contribution in [3.8, 4) is 0 Å². The molecule has 0 bridgehead atoms. The molecule has 0 aliphatic rings. The maximum absolute atomic E-state index is 12.0. The second-order valence-corrected chi connectivity index (χ2v) is 4.09. The fraction of sp³-hybridized carbons (Fsp3) is 0.500. The predicted octanol–water partition coefficient (Wildman–Crippen LogP) is 1.76. The van der Waals surface area contributed by atoms with E-state index in [4.69, 9.17) is 10.3 Å². The number of pyridine rings is 1. The van der Waals surface area contributed by atoms with Crippen molar-refractivity contribution in [3.05, 3.63) is 40.5 Å². The number of carbonyl (C=O) groups excluding carboxylic acids is 1. The number of nitrogens with zero attached hydrogens (tertiary/aromatic N) is 4. The average molecular weight is 263 g/mol. The molecule has 0 saturated heterocycles. The summed E-state index contributed by atoms with van der Waals surface area (Å²) in [6.07, 6.45) is 3.89. The van der Waals surface area contributed by atoms with Gasteiger partial charge in [0.25, 0.3) is 0 Å². The molecule has 102 valence electrons. The Bertz CT molecular complexity index is 458. The second kappa shape index (κ2) is 7.35. The van der Waals surface area contributed by atoms with Crippen molar-refractivity contribution in [2.75, 3.05) is 20.2 Å². The molecule has 0 fully saturated rings. The molecule has 1 heterocycles. The Kier molecular flexibility index (Phi) is 5.78. The summed E-state index contributed by atoms with van der Waals surface area (Å²) in [5.41, 5.74) is 8.03. The fourth-order valence-corrected chi connectivity index (χ4v) is 1.71. The van der Waals surface area contributed by atoms with Gasteiger partial charge in [-0.1, -0.05) is 5.11 Å². The summed E-state index contributed by atoms with van der Waals surface area (Å²) in [5, 5.41) is 6.58. The number of ether oxygens (including phenoxy) is 1. The van der Waals surface area contributed by atoms with Crippen LogP contribution in [0.3, 0.4) is 0 Å². The van der Waals surface area contributed by atoms with Crippen molar-refractivity contribution >= 4 is 5.97 Å². The molecular formula is C12H17N5O2. The first-order chi connectivity index (χ1) is 9.15. The first-order valence-corrected chi connectivity index (χ1v) is 5.90. The molecule has 0 aliphatic heterocycles. The minimum atomic E-state index is -0.936. The van der Waals surface area contributed by atoms with E-state index in [1.807, 2.05) is 0 Å². The number of carbonyl (C=O) groups is 1. The van der Waals surface area contributed by atoms with E-state index in [-0.39, 0.29) is 5.97 Å². The number of nitrogens with one attached hydrogen (secondary N) is 1. The lowest BCUT2D eigenvalue weighted by Gasteiger charge is -2.28. The molecule has 19 heavy (non-hydrogen) atoms. The van der Waals surface area contributed by atoms with Crippen LogP contribution in [0.2, 0.25) is 0 Å². The molecule has 0 aromatic carbocycles. The zero-order valence-electron chi connectivity index (χ0n) is 11.0. The van der Waals surface area contributed by atoms with Crippen molar-refractivity contribution in [3.63, 3.8) is 0 Å². The number of hydrogen-bond donors (Lipinski definition) is 1. The van der Waals surface area contributed by atoms with Crippen LogP contribution in [0.25, 0.3) is 10.4 Å². The lowest BCUT2D eigenvalue weighted by Crippen LogP contribution is -2.47. The van der Waals surface area contributed by atoms with Gasteiger partial charge in [0.15, 0.2) is 0 Å². The number of aromatic nitrogens is 1. The van der Waals surface area contributed by atoms with Gasteiger partial charge in [0.1, 0.15) is 5.54 Å². The van der Waals surface area contributed by atoms with Gasteiger partial charge in [0.05, 0.1) is 7.11 Å². The lowest BCUT2D eigenvalue weighted by atomic mass is 9.93. The van der Waals surface area contributed by atoms with E-state index in [1.54, 1.807) is 31.5 Å². The molecule has 1 N–H and O–H groups in total. The van der Waals surface area contributed by atoms with Gasteiger partial charge < -0.3 is 4.74 Å². The Balaban J connectivity index is 2.77. The van der Waals surface area contributed by atoms with E-state index in [0.717, 1.165) is 5.56 Å². The molecule has 1 rings (SSSR count). The number of esters is 1. The molecular weight excluding hydrogens is 246 g/mol. The molecule has 0 spiro atoms. The molecule has 1 aromatic heterocycles. The Morgan fingerprint density at radius 1 is 1.58 bits per heavy atom. The Labute approximate surface area is 111 Å². The number of azide groups is 1.